The standard InChI is InChI=1S/C14H16N2O4/c1-2-4-11-12(17)16(14(20)15-11)8-9-5-3-6-10(7-9)13(18)19/h3,5-7,11H,2,4,8H2,1H3,(H,15,20)(H,18,19). The number of carbonyl (C=O) groups is 3. The number of aromatic carboxylic acids is 1. The Balaban J connectivity index is 2.13. The second-order valence-corrected chi connectivity index (χ2v) is 4.72. The van der Waals surface area contributed by atoms with Crippen LogP contribution < -0.4 is 5.32 Å². The number of hydrogen-bond acceptors (Lipinski definition) is 3. The lowest BCUT2D eigenvalue weighted by molar-refractivity contribution is -0.128. The summed E-state index contributed by atoms with van der Waals surface area (Å²) in [4.78, 5) is 35.8. The lowest BCUT2D eigenvalue weighted by Crippen LogP contribution is -2.31. The monoisotopic (exact) mass is 276 g/mol. The molecule has 1 aromatic carbocycles. The van der Waals surface area contributed by atoms with Crippen LogP contribution in [0.2, 0.25) is 0 Å². The van der Waals surface area contributed by atoms with Crippen LogP contribution in [-0.2, 0) is 11.3 Å². The van der Waals surface area contributed by atoms with Crippen molar-refractivity contribution in [1.82, 2.24) is 10.2 Å². The summed E-state index contributed by atoms with van der Waals surface area (Å²) in [6, 6.07) is 5.35. The summed E-state index contributed by atoms with van der Waals surface area (Å²) >= 11 is 0. The molecule has 20 heavy (non-hydrogen) atoms. The molecule has 6 nitrogen and oxygen atoms in total. The van der Waals surface area contributed by atoms with E-state index in [0.29, 0.717) is 12.0 Å². The van der Waals surface area contributed by atoms with Crippen LogP contribution in [0.1, 0.15) is 35.7 Å². The van der Waals surface area contributed by atoms with Crippen molar-refractivity contribution >= 4 is 17.9 Å². The molecule has 106 valence electrons. The number of hydrogen-bond donors (Lipinski definition) is 2. The van der Waals surface area contributed by atoms with Gasteiger partial charge in [-0.15, -0.1) is 0 Å². The van der Waals surface area contributed by atoms with Gasteiger partial charge in [-0.3, -0.25) is 9.69 Å². The molecule has 1 fully saturated rings. The van der Waals surface area contributed by atoms with Crippen LogP contribution in [0.15, 0.2) is 24.3 Å². The Morgan fingerprint density at radius 3 is 2.80 bits per heavy atom. The minimum atomic E-state index is -1.03. The second-order valence-electron chi connectivity index (χ2n) is 4.72. The largest absolute Gasteiger partial charge is 0.478 e. The molecule has 0 aliphatic carbocycles. The first-order valence-corrected chi connectivity index (χ1v) is 6.47. The molecular formula is C14H16N2O4. The Hall–Kier alpha value is -2.37. The molecule has 1 heterocycles. The summed E-state index contributed by atoms with van der Waals surface area (Å²) < 4.78 is 0. The van der Waals surface area contributed by atoms with Gasteiger partial charge in [-0.25, -0.2) is 9.59 Å². The minimum absolute atomic E-state index is 0.0893. The zero-order valence-electron chi connectivity index (χ0n) is 11.1. The van der Waals surface area contributed by atoms with E-state index in [-0.39, 0.29) is 18.0 Å². The van der Waals surface area contributed by atoms with E-state index in [9.17, 15) is 14.4 Å². The van der Waals surface area contributed by atoms with E-state index in [2.05, 4.69) is 5.32 Å². The predicted molar refractivity (Wildman–Crippen MR) is 71.2 cm³/mol. The van der Waals surface area contributed by atoms with Crippen molar-refractivity contribution in [2.45, 2.75) is 32.4 Å². The topological polar surface area (TPSA) is 86.7 Å². The van der Waals surface area contributed by atoms with Crippen molar-refractivity contribution in [1.29, 1.82) is 0 Å². The molecule has 6 heteroatoms. The molecule has 2 N–H and O–H groups in total. The maximum Gasteiger partial charge on any atom is 0.335 e. The fraction of sp³-hybridized carbons (Fsp3) is 0.357. The number of urea groups is 1. The minimum Gasteiger partial charge on any atom is -0.478 e. The molecule has 0 spiro atoms. The van der Waals surface area contributed by atoms with Gasteiger partial charge in [0, 0.05) is 0 Å². The van der Waals surface area contributed by atoms with Gasteiger partial charge in [0.2, 0.25) is 0 Å². The van der Waals surface area contributed by atoms with Gasteiger partial charge in [-0.1, -0.05) is 25.5 Å². The first kappa shape index (κ1) is 14.0. The molecular weight excluding hydrogens is 260 g/mol. The number of imide groups is 1. The lowest BCUT2D eigenvalue weighted by Gasteiger charge is -2.13. The van der Waals surface area contributed by atoms with Gasteiger partial charge >= 0.3 is 12.0 Å². The molecule has 1 aromatic rings. The number of rotatable bonds is 5. The highest BCUT2D eigenvalue weighted by atomic mass is 16.4. The van der Waals surface area contributed by atoms with E-state index in [1.54, 1.807) is 12.1 Å². The van der Waals surface area contributed by atoms with Crippen LogP contribution in [-0.4, -0.2) is 34.0 Å². The SMILES string of the molecule is CCCC1NC(=O)N(Cc2cccc(C(=O)O)c2)C1=O. The zero-order chi connectivity index (χ0) is 14.7. The normalized spacial score (nSPS) is 18.2. The van der Waals surface area contributed by atoms with E-state index >= 15 is 0 Å². The molecule has 0 aromatic heterocycles. The molecule has 1 saturated heterocycles. The maximum absolute atomic E-state index is 12.1. The Morgan fingerprint density at radius 2 is 2.15 bits per heavy atom. The van der Waals surface area contributed by atoms with Crippen molar-refractivity contribution in [2.24, 2.45) is 0 Å². The molecule has 0 radical (unpaired) electrons. The van der Waals surface area contributed by atoms with Gasteiger partial charge in [0.25, 0.3) is 5.91 Å². The molecule has 0 saturated carbocycles. The van der Waals surface area contributed by atoms with Crippen LogP contribution in [0, 0.1) is 0 Å². The highest BCUT2D eigenvalue weighted by Gasteiger charge is 2.37. The molecule has 1 aliphatic heterocycles. The number of nitrogens with one attached hydrogen (secondary N) is 1. The quantitative estimate of drug-likeness (QED) is 0.800. The van der Waals surface area contributed by atoms with E-state index in [4.69, 9.17) is 5.11 Å². The molecule has 1 atom stereocenters. The third-order valence-electron chi connectivity index (χ3n) is 3.20. The van der Waals surface area contributed by atoms with Gasteiger partial charge in [0.05, 0.1) is 12.1 Å². The summed E-state index contributed by atoms with van der Waals surface area (Å²) in [5.74, 6) is -1.29. The van der Waals surface area contributed by atoms with Crippen molar-refractivity contribution in [3.8, 4) is 0 Å². The first-order valence-electron chi connectivity index (χ1n) is 6.47. The Morgan fingerprint density at radius 1 is 1.40 bits per heavy atom. The zero-order valence-corrected chi connectivity index (χ0v) is 11.1. The van der Waals surface area contributed by atoms with E-state index in [1.165, 1.54) is 12.1 Å². The smallest absolute Gasteiger partial charge is 0.335 e. The highest BCUT2D eigenvalue weighted by Crippen LogP contribution is 2.15. The number of carboxylic acids is 1. The number of carbonyl (C=O) groups excluding carboxylic acids is 2. The van der Waals surface area contributed by atoms with E-state index in [1.807, 2.05) is 6.92 Å². The van der Waals surface area contributed by atoms with Crippen LogP contribution in [0.4, 0.5) is 4.79 Å². The Labute approximate surface area is 116 Å². The average molecular weight is 276 g/mol. The number of amides is 3. The third kappa shape index (κ3) is 2.79. The van der Waals surface area contributed by atoms with Crippen molar-refractivity contribution in [3.05, 3.63) is 35.4 Å². The summed E-state index contributed by atoms with van der Waals surface area (Å²) in [5, 5.41) is 11.6. The van der Waals surface area contributed by atoms with Crippen molar-refractivity contribution in [3.63, 3.8) is 0 Å². The van der Waals surface area contributed by atoms with Crippen molar-refractivity contribution in [2.75, 3.05) is 0 Å². The van der Waals surface area contributed by atoms with Gasteiger partial charge in [-0.2, -0.15) is 0 Å². The summed E-state index contributed by atoms with van der Waals surface area (Å²) in [6.07, 6.45) is 1.41. The van der Waals surface area contributed by atoms with Crippen LogP contribution >= 0.6 is 0 Å². The highest BCUT2D eigenvalue weighted by molar-refractivity contribution is 6.04. The number of nitrogens with zero attached hydrogens (tertiary/aromatic N) is 1. The van der Waals surface area contributed by atoms with Gasteiger partial charge in [0.1, 0.15) is 6.04 Å². The van der Waals surface area contributed by atoms with Crippen molar-refractivity contribution < 1.29 is 19.5 Å². The molecule has 1 unspecified atom stereocenters. The number of benzene rings is 1. The van der Waals surface area contributed by atoms with E-state index in [0.717, 1.165) is 11.3 Å². The number of carboxylic acid groups (broad SMARTS) is 1. The Kier molecular flexibility index (Phi) is 4.02. The maximum atomic E-state index is 12.1. The second kappa shape index (κ2) is 5.73. The fourth-order valence-electron chi connectivity index (χ4n) is 2.20. The van der Waals surface area contributed by atoms with E-state index < -0.39 is 18.0 Å². The molecule has 0 bridgehead atoms. The Bertz CT molecular complexity index is 556. The first-order chi connectivity index (χ1) is 9.52. The molecule has 2 rings (SSSR count). The summed E-state index contributed by atoms with van der Waals surface area (Å²) in [7, 11) is 0. The van der Waals surface area contributed by atoms with Crippen LogP contribution in [0.25, 0.3) is 0 Å². The lowest BCUT2D eigenvalue weighted by atomic mass is 10.1. The summed E-state index contributed by atoms with van der Waals surface area (Å²) in [6.45, 7) is 2.03. The average Bonchev–Trinajstić information content (AvgIpc) is 2.67. The van der Waals surface area contributed by atoms with Gasteiger partial charge < -0.3 is 10.4 Å². The molecule has 1 aliphatic rings. The fourth-order valence-corrected chi connectivity index (χ4v) is 2.20. The summed E-state index contributed by atoms with van der Waals surface area (Å²) in [5.41, 5.74) is 0.755. The third-order valence-corrected chi connectivity index (χ3v) is 3.20. The predicted octanol–water partition coefficient (Wildman–Crippen LogP) is 1.61. The van der Waals surface area contributed by atoms with Crippen LogP contribution in [0.5, 0.6) is 0 Å². The molecule has 3 amide bonds. The van der Waals surface area contributed by atoms with Gasteiger partial charge in [-0.05, 0) is 24.1 Å². The van der Waals surface area contributed by atoms with Gasteiger partial charge in [0.15, 0.2) is 0 Å². The van der Waals surface area contributed by atoms with Crippen LogP contribution in [0.3, 0.4) is 0 Å².